The third-order valence-electron chi connectivity index (χ3n) is 4.16. The summed E-state index contributed by atoms with van der Waals surface area (Å²) in [5, 5.41) is 12.2. The van der Waals surface area contributed by atoms with Gasteiger partial charge in [0.1, 0.15) is 0 Å². The smallest absolute Gasteiger partial charge is 0.244 e. The van der Waals surface area contributed by atoms with Crippen molar-refractivity contribution >= 4 is 28.5 Å². The predicted octanol–water partition coefficient (Wildman–Crippen LogP) is 3.17. The van der Waals surface area contributed by atoms with Crippen LogP contribution >= 0.6 is 0 Å². The molecule has 26 heavy (non-hydrogen) atoms. The molecule has 0 aliphatic rings. The number of hydrogen-bond acceptors (Lipinski definition) is 4. The molecule has 1 unspecified atom stereocenters. The maximum Gasteiger partial charge on any atom is 0.244 e. The molecule has 1 aromatic carbocycles. The first-order chi connectivity index (χ1) is 12.7. The van der Waals surface area contributed by atoms with Crippen LogP contribution in [0.15, 0.2) is 67.0 Å². The number of para-hydroxylation sites is 1. The second kappa shape index (κ2) is 6.76. The van der Waals surface area contributed by atoms with E-state index in [1.807, 2.05) is 66.1 Å². The average molecular weight is 343 g/mol. The molecule has 128 valence electrons. The van der Waals surface area contributed by atoms with Crippen LogP contribution in [0.1, 0.15) is 24.4 Å². The minimum atomic E-state index is -0.268. The fourth-order valence-corrected chi connectivity index (χ4v) is 2.91. The number of carbonyl (C=O) groups is 1. The largest absolute Gasteiger partial charge is 0.343 e. The van der Waals surface area contributed by atoms with E-state index in [0.29, 0.717) is 5.82 Å². The lowest BCUT2D eigenvalue weighted by Crippen LogP contribution is -2.26. The van der Waals surface area contributed by atoms with Crippen molar-refractivity contribution < 1.29 is 4.79 Å². The minimum absolute atomic E-state index is 0.196. The van der Waals surface area contributed by atoms with Crippen molar-refractivity contribution in [1.29, 1.82) is 0 Å². The molecular formula is C20H17N5O. The van der Waals surface area contributed by atoms with Crippen LogP contribution in [0.5, 0.6) is 0 Å². The van der Waals surface area contributed by atoms with Crippen LogP contribution in [-0.4, -0.2) is 25.5 Å². The maximum absolute atomic E-state index is 12.3. The highest BCUT2D eigenvalue weighted by Gasteiger charge is 2.14. The van der Waals surface area contributed by atoms with Crippen molar-refractivity contribution in [1.82, 2.24) is 24.9 Å². The summed E-state index contributed by atoms with van der Waals surface area (Å²) in [6, 6.07) is 15.2. The van der Waals surface area contributed by atoms with E-state index in [9.17, 15) is 4.79 Å². The van der Waals surface area contributed by atoms with Gasteiger partial charge in [0.05, 0.1) is 11.6 Å². The molecular weight excluding hydrogens is 326 g/mol. The van der Waals surface area contributed by atoms with Gasteiger partial charge in [-0.1, -0.05) is 30.3 Å². The summed E-state index contributed by atoms with van der Waals surface area (Å²) >= 11 is 0. The number of nitrogens with one attached hydrogen (secondary N) is 1. The second-order valence-corrected chi connectivity index (χ2v) is 5.97. The minimum Gasteiger partial charge on any atom is -0.343 e. The number of aromatic nitrogens is 4. The molecule has 1 N–H and O–H groups in total. The maximum atomic E-state index is 12.3. The molecule has 0 saturated carbocycles. The summed E-state index contributed by atoms with van der Waals surface area (Å²) in [7, 11) is 0. The van der Waals surface area contributed by atoms with Crippen LogP contribution in [-0.2, 0) is 4.79 Å². The molecule has 3 heterocycles. The van der Waals surface area contributed by atoms with Gasteiger partial charge in [-0.15, -0.1) is 10.2 Å². The van der Waals surface area contributed by atoms with Gasteiger partial charge in [-0.2, -0.15) is 0 Å². The predicted molar refractivity (Wildman–Crippen MR) is 100 cm³/mol. The van der Waals surface area contributed by atoms with E-state index in [0.717, 1.165) is 22.1 Å². The van der Waals surface area contributed by atoms with E-state index in [2.05, 4.69) is 20.5 Å². The van der Waals surface area contributed by atoms with Gasteiger partial charge in [0.25, 0.3) is 0 Å². The van der Waals surface area contributed by atoms with Gasteiger partial charge in [0.15, 0.2) is 11.5 Å². The molecule has 1 amide bonds. The summed E-state index contributed by atoms with van der Waals surface area (Å²) < 4.78 is 1.86. The van der Waals surface area contributed by atoms with E-state index in [-0.39, 0.29) is 11.9 Å². The van der Waals surface area contributed by atoms with Crippen LogP contribution in [0.2, 0.25) is 0 Å². The van der Waals surface area contributed by atoms with Crippen molar-refractivity contribution in [2.75, 3.05) is 0 Å². The summed E-state index contributed by atoms with van der Waals surface area (Å²) in [5.41, 5.74) is 2.52. The number of fused-ring (bicyclic) bond motifs is 2. The highest BCUT2D eigenvalue weighted by atomic mass is 16.1. The second-order valence-electron chi connectivity index (χ2n) is 5.97. The Labute approximate surface area is 150 Å². The fraction of sp³-hybridized carbons (Fsp3) is 0.100. The first-order valence-corrected chi connectivity index (χ1v) is 8.34. The Morgan fingerprint density at radius 1 is 1.12 bits per heavy atom. The molecule has 0 aliphatic carbocycles. The molecule has 6 heteroatoms. The Balaban J connectivity index is 1.52. The topological polar surface area (TPSA) is 72.2 Å². The van der Waals surface area contributed by atoms with Crippen molar-refractivity contribution in [3.63, 3.8) is 0 Å². The lowest BCUT2D eigenvalue weighted by atomic mass is 10.1. The van der Waals surface area contributed by atoms with Gasteiger partial charge >= 0.3 is 0 Å². The van der Waals surface area contributed by atoms with E-state index in [4.69, 9.17) is 0 Å². The molecule has 0 spiro atoms. The molecule has 0 radical (unpaired) electrons. The summed E-state index contributed by atoms with van der Waals surface area (Å²) in [6.45, 7) is 1.88. The average Bonchev–Trinajstić information content (AvgIpc) is 3.10. The molecule has 0 bridgehead atoms. The fourth-order valence-electron chi connectivity index (χ4n) is 2.91. The quantitative estimate of drug-likeness (QED) is 0.578. The van der Waals surface area contributed by atoms with Gasteiger partial charge < -0.3 is 5.32 Å². The van der Waals surface area contributed by atoms with Crippen LogP contribution in [0.3, 0.4) is 0 Å². The molecule has 6 nitrogen and oxygen atoms in total. The molecule has 3 aromatic heterocycles. The van der Waals surface area contributed by atoms with Crippen molar-refractivity contribution in [3.05, 3.63) is 78.4 Å². The van der Waals surface area contributed by atoms with Crippen LogP contribution in [0, 0.1) is 0 Å². The Kier molecular flexibility index (Phi) is 4.15. The standard InChI is InChI=1S/C20H17N5O/c1-14(20-24-23-17-9-2-3-13-25(17)20)22-18(26)11-10-16-7-4-6-15-8-5-12-21-19(15)16/h2-14H,1H3,(H,22,26). The summed E-state index contributed by atoms with van der Waals surface area (Å²) in [6.07, 6.45) is 6.92. The van der Waals surface area contributed by atoms with Crippen molar-refractivity contribution in [2.24, 2.45) is 0 Å². The zero-order valence-corrected chi connectivity index (χ0v) is 14.2. The zero-order valence-electron chi connectivity index (χ0n) is 14.2. The summed E-state index contributed by atoms with van der Waals surface area (Å²) in [5.74, 6) is 0.493. The number of pyridine rings is 2. The zero-order chi connectivity index (χ0) is 17.9. The van der Waals surface area contributed by atoms with E-state index >= 15 is 0 Å². The Morgan fingerprint density at radius 2 is 2.00 bits per heavy atom. The molecule has 4 rings (SSSR count). The monoisotopic (exact) mass is 343 g/mol. The Morgan fingerprint density at radius 3 is 2.92 bits per heavy atom. The van der Waals surface area contributed by atoms with E-state index < -0.39 is 0 Å². The molecule has 0 aliphatic heterocycles. The van der Waals surface area contributed by atoms with Gasteiger partial charge in [0, 0.05) is 29.4 Å². The number of amides is 1. The van der Waals surface area contributed by atoms with E-state index in [1.165, 1.54) is 6.08 Å². The third-order valence-corrected chi connectivity index (χ3v) is 4.16. The highest BCUT2D eigenvalue weighted by Crippen LogP contribution is 2.17. The number of benzene rings is 1. The SMILES string of the molecule is CC(NC(=O)C=Cc1cccc2cccnc12)c1nnc2ccccn12. The molecule has 0 fully saturated rings. The van der Waals surface area contributed by atoms with Crippen molar-refractivity contribution in [2.45, 2.75) is 13.0 Å². The van der Waals surface area contributed by atoms with Crippen LogP contribution in [0.4, 0.5) is 0 Å². The van der Waals surface area contributed by atoms with Gasteiger partial charge in [-0.05, 0) is 31.2 Å². The van der Waals surface area contributed by atoms with Gasteiger partial charge in [0.2, 0.25) is 5.91 Å². The number of hydrogen-bond donors (Lipinski definition) is 1. The van der Waals surface area contributed by atoms with E-state index in [1.54, 1.807) is 12.3 Å². The lowest BCUT2D eigenvalue weighted by Gasteiger charge is -2.10. The van der Waals surface area contributed by atoms with Crippen molar-refractivity contribution in [3.8, 4) is 0 Å². The first kappa shape index (κ1) is 16.0. The number of rotatable bonds is 4. The third kappa shape index (κ3) is 3.04. The van der Waals surface area contributed by atoms with Gasteiger partial charge in [-0.3, -0.25) is 14.2 Å². The molecule has 4 aromatic rings. The first-order valence-electron chi connectivity index (χ1n) is 8.34. The molecule has 1 atom stereocenters. The van der Waals surface area contributed by atoms with Gasteiger partial charge in [-0.25, -0.2) is 0 Å². The Hall–Kier alpha value is -3.54. The Bertz CT molecular complexity index is 1110. The van der Waals surface area contributed by atoms with Crippen LogP contribution < -0.4 is 5.32 Å². The molecule has 0 saturated heterocycles. The van der Waals surface area contributed by atoms with Crippen LogP contribution in [0.25, 0.3) is 22.6 Å². The lowest BCUT2D eigenvalue weighted by molar-refractivity contribution is -0.117. The number of nitrogens with zero attached hydrogens (tertiary/aromatic N) is 4. The number of carbonyl (C=O) groups excluding carboxylic acids is 1. The highest BCUT2D eigenvalue weighted by molar-refractivity contribution is 5.95. The normalized spacial score (nSPS) is 12.7. The summed E-state index contributed by atoms with van der Waals surface area (Å²) in [4.78, 5) is 16.7.